The van der Waals surface area contributed by atoms with Crippen LogP contribution in [-0.4, -0.2) is 35.3 Å². The molecule has 2 heterocycles. The SMILES string of the molecule is CCn1cc(-c2cnc(N)c(-c3ccc(C(=O)N[C@H](C)c4cc(F)cc(S(C)(=O)=O)c4)c(F)c3)c2)cn1. The second-order valence-electron chi connectivity index (χ2n) is 8.62. The molecule has 1 atom stereocenters. The lowest BCUT2D eigenvalue weighted by Gasteiger charge is -2.16. The molecule has 0 aliphatic rings. The molecule has 0 spiro atoms. The molecular formula is C26H25F2N5O3S. The van der Waals surface area contributed by atoms with Gasteiger partial charge in [-0.1, -0.05) is 6.07 Å². The number of hydrogen-bond acceptors (Lipinski definition) is 6. The van der Waals surface area contributed by atoms with Gasteiger partial charge in [-0.25, -0.2) is 22.2 Å². The van der Waals surface area contributed by atoms with Gasteiger partial charge in [0, 0.05) is 41.9 Å². The fourth-order valence-corrected chi connectivity index (χ4v) is 4.50. The number of nitrogen functional groups attached to an aromatic ring is 1. The molecule has 1 amide bonds. The maximum atomic E-state index is 15.1. The molecule has 0 bridgehead atoms. The van der Waals surface area contributed by atoms with Crippen LogP contribution in [0.4, 0.5) is 14.6 Å². The summed E-state index contributed by atoms with van der Waals surface area (Å²) in [5, 5.41) is 6.83. The summed E-state index contributed by atoms with van der Waals surface area (Å²) in [6.45, 7) is 4.22. The molecule has 11 heteroatoms. The molecule has 0 saturated heterocycles. The van der Waals surface area contributed by atoms with Crippen LogP contribution >= 0.6 is 0 Å². The summed E-state index contributed by atoms with van der Waals surface area (Å²) >= 11 is 0. The Morgan fingerprint density at radius 2 is 1.84 bits per heavy atom. The smallest absolute Gasteiger partial charge is 0.254 e. The van der Waals surface area contributed by atoms with Crippen LogP contribution in [0, 0.1) is 11.6 Å². The molecule has 0 aliphatic carbocycles. The molecule has 4 rings (SSSR count). The highest BCUT2D eigenvalue weighted by Crippen LogP contribution is 2.31. The predicted octanol–water partition coefficient (Wildman–Crippen LogP) is 4.39. The van der Waals surface area contributed by atoms with Crippen molar-refractivity contribution in [1.29, 1.82) is 0 Å². The maximum absolute atomic E-state index is 15.1. The Bertz CT molecular complexity index is 1600. The van der Waals surface area contributed by atoms with Crippen LogP contribution in [0.1, 0.15) is 35.8 Å². The van der Waals surface area contributed by atoms with Crippen LogP contribution in [-0.2, 0) is 16.4 Å². The number of pyridine rings is 1. The van der Waals surface area contributed by atoms with Crippen molar-refractivity contribution in [3.63, 3.8) is 0 Å². The minimum Gasteiger partial charge on any atom is -0.383 e. The van der Waals surface area contributed by atoms with E-state index in [1.807, 2.05) is 13.1 Å². The van der Waals surface area contributed by atoms with E-state index in [-0.39, 0.29) is 21.8 Å². The fourth-order valence-electron chi connectivity index (χ4n) is 3.82. The number of aromatic nitrogens is 3. The van der Waals surface area contributed by atoms with E-state index < -0.39 is 33.4 Å². The van der Waals surface area contributed by atoms with Gasteiger partial charge in [-0.3, -0.25) is 9.48 Å². The second-order valence-corrected chi connectivity index (χ2v) is 10.6. The average molecular weight is 526 g/mol. The number of sulfone groups is 1. The molecule has 192 valence electrons. The third-order valence-electron chi connectivity index (χ3n) is 5.90. The number of anilines is 1. The summed E-state index contributed by atoms with van der Waals surface area (Å²) in [7, 11) is -3.66. The van der Waals surface area contributed by atoms with E-state index >= 15 is 4.39 Å². The summed E-state index contributed by atoms with van der Waals surface area (Å²) in [6.07, 6.45) is 6.13. The van der Waals surface area contributed by atoms with Crippen molar-refractivity contribution in [3.05, 3.63) is 83.8 Å². The van der Waals surface area contributed by atoms with Crippen LogP contribution in [0.5, 0.6) is 0 Å². The van der Waals surface area contributed by atoms with Crippen molar-refractivity contribution < 1.29 is 22.0 Å². The largest absolute Gasteiger partial charge is 0.383 e. The molecule has 2 aromatic heterocycles. The van der Waals surface area contributed by atoms with Gasteiger partial charge in [0.2, 0.25) is 0 Å². The van der Waals surface area contributed by atoms with E-state index in [2.05, 4.69) is 15.4 Å². The van der Waals surface area contributed by atoms with E-state index in [0.717, 1.165) is 29.5 Å². The molecule has 8 nitrogen and oxygen atoms in total. The minimum absolute atomic E-state index is 0.199. The fraction of sp³-hybridized carbons (Fsp3) is 0.192. The lowest BCUT2D eigenvalue weighted by molar-refractivity contribution is 0.0935. The lowest BCUT2D eigenvalue weighted by atomic mass is 10.0. The topological polar surface area (TPSA) is 120 Å². The Morgan fingerprint density at radius 1 is 1.08 bits per heavy atom. The molecule has 3 N–H and O–H groups in total. The van der Waals surface area contributed by atoms with Crippen molar-refractivity contribution in [2.24, 2.45) is 0 Å². The van der Waals surface area contributed by atoms with E-state index in [9.17, 15) is 17.6 Å². The molecule has 37 heavy (non-hydrogen) atoms. The van der Waals surface area contributed by atoms with E-state index in [0.29, 0.717) is 17.7 Å². The number of carbonyl (C=O) groups excluding carboxylic acids is 1. The summed E-state index contributed by atoms with van der Waals surface area (Å²) in [5.74, 6) is -2.09. The van der Waals surface area contributed by atoms with Crippen LogP contribution in [0.3, 0.4) is 0 Å². The molecule has 4 aromatic rings. The number of benzene rings is 2. The minimum atomic E-state index is -3.66. The summed E-state index contributed by atoms with van der Waals surface area (Å²) in [4.78, 5) is 16.8. The number of rotatable bonds is 7. The first-order valence-corrected chi connectivity index (χ1v) is 13.2. The zero-order chi connectivity index (χ0) is 26.9. The van der Waals surface area contributed by atoms with Gasteiger partial charge < -0.3 is 11.1 Å². The average Bonchev–Trinajstić information content (AvgIpc) is 3.32. The van der Waals surface area contributed by atoms with Gasteiger partial charge in [0.15, 0.2) is 9.84 Å². The van der Waals surface area contributed by atoms with Crippen molar-refractivity contribution >= 4 is 21.6 Å². The molecule has 0 radical (unpaired) electrons. The third kappa shape index (κ3) is 5.67. The zero-order valence-corrected chi connectivity index (χ0v) is 21.2. The Labute approximate surface area is 213 Å². The van der Waals surface area contributed by atoms with Crippen LogP contribution < -0.4 is 11.1 Å². The van der Waals surface area contributed by atoms with Gasteiger partial charge in [-0.05, 0) is 61.4 Å². The number of nitrogens with two attached hydrogens (primary N) is 1. The van der Waals surface area contributed by atoms with Gasteiger partial charge in [0.25, 0.3) is 5.91 Å². The standard InChI is InChI=1S/C26H25F2N5O3S/c1-4-33-14-19(13-31-33)18-9-23(25(29)30-12-18)16-5-6-22(24(28)10-16)26(34)32-15(2)17-7-20(27)11-21(8-17)37(3,35)36/h5-15H,4H2,1-3H3,(H2,29,30)(H,32,34)/t15-/m1/s1. The highest BCUT2D eigenvalue weighted by Gasteiger charge is 2.19. The molecule has 0 saturated carbocycles. The molecule has 0 fully saturated rings. The predicted molar refractivity (Wildman–Crippen MR) is 136 cm³/mol. The quantitative estimate of drug-likeness (QED) is 0.369. The molecule has 0 aliphatic heterocycles. The van der Waals surface area contributed by atoms with Gasteiger partial charge in [-0.15, -0.1) is 0 Å². The van der Waals surface area contributed by atoms with Crippen molar-refractivity contribution in [2.45, 2.75) is 31.3 Å². The van der Waals surface area contributed by atoms with Crippen LogP contribution in [0.15, 0.2) is 66.0 Å². The van der Waals surface area contributed by atoms with Gasteiger partial charge in [-0.2, -0.15) is 5.10 Å². The maximum Gasteiger partial charge on any atom is 0.254 e. The highest BCUT2D eigenvalue weighted by molar-refractivity contribution is 7.90. The van der Waals surface area contributed by atoms with Crippen molar-refractivity contribution in [2.75, 3.05) is 12.0 Å². The van der Waals surface area contributed by atoms with E-state index in [1.165, 1.54) is 18.2 Å². The summed E-state index contributed by atoms with van der Waals surface area (Å²) in [5.41, 5.74) is 8.56. The van der Waals surface area contributed by atoms with E-state index in [1.54, 1.807) is 36.1 Å². The third-order valence-corrected chi connectivity index (χ3v) is 7.00. The van der Waals surface area contributed by atoms with Crippen LogP contribution in [0.25, 0.3) is 22.3 Å². The first kappa shape index (κ1) is 26.0. The molecule has 0 unspecified atom stereocenters. The monoisotopic (exact) mass is 525 g/mol. The molecule has 2 aromatic carbocycles. The van der Waals surface area contributed by atoms with Gasteiger partial charge in [0.05, 0.1) is 22.7 Å². The summed E-state index contributed by atoms with van der Waals surface area (Å²) < 4.78 is 54.4. The lowest BCUT2D eigenvalue weighted by Crippen LogP contribution is -2.27. The Hall–Kier alpha value is -4.12. The zero-order valence-electron chi connectivity index (χ0n) is 20.4. The number of carbonyl (C=O) groups is 1. The number of halogens is 2. The van der Waals surface area contributed by atoms with Crippen molar-refractivity contribution in [3.8, 4) is 22.3 Å². The second kappa shape index (κ2) is 10.1. The molecular weight excluding hydrogens is 500 g/mol. The van der Waals surface area contributed by atoms with Crippen LogP contribution in [0.2, 0.25) is 0 Å². The Morgan fingerprint density at radius 3 is 2.49 bits per heavy atom. The first-order chi connectivity index (χ1) is 17.5. The number of nitrogens with zero attached hydrogens (tertiary/aromatic N) is 3. The van der Waals surface area contributed by atoms with Crippen molar-refractivity contribution in [1.82, 2.24) is 20.1 Å². The van der Waals surface area contributed by atoms with Gasteiger partial charge in [0.1, 0.15) is 17.5 Å². The first-order valence-electron chi connectivity index (χ1n) is 11.4. The number of hydrogen-bond donors (Lipinski definition) is 2. The van der Waals surface area contributed by atoms with Gasteiger partial charge >= 0.3 is 0 Å². The number of aryl methyl sites for hydroxylation is 1. The summed E-state index contributed by atoms with van der Waals surface area (Å²) in [6, 6.07) is 8.35. The number of nitrogens with one attached hydrogen (secondary N) is 1. The highest BCUT2D eigenvalue weighted by atomic mass is 32.2. The Kier molecular flexibility index (Phi) is 7.08. The normalized spacial score (nSPS) is 12.4. The Balaban J connectivity index is 1.58. The number of amides is 1. The van der Waals surface area contributed by atoms with E-state index in [4.69, 9.17) is 5.73 Å².